The van der Waals surface area contributed by atoms with Crippen molar-refractivity contribution in [2.24, 2.45) is 0 Å². The highest BCUT2D eigenvalue weighted by molar-refractivity contribution is 5.22. The van der Waals surface area contributed by atoms with Gasteiger partial charge in [0.15, 0.2) is 0 Å². The molecule has 0 radical (unpaired) electrons. The highest BCUT2D eigenvalue weighted by Crippen LogP contribution is 2.19. The maximum Gasteiger partial charge on any atom is 0.0235 e. The predicted molar refractivity (Wildman–Crippen MR) is 79.7 cm³/mol. The summed E-state index contributed by atoms with van der Waals surface area (Å²) in [6.07, 6.45) is 1.17. The van der Waals surface area contributed by atoms with Gasteiger partial charge in [-0.05, 0) is 45.0 Å². The van der Waals surface area contributed by atoms with E-state index in [9.17, 15) is 0 Å². The molecule has 0 amide bonds. The summed E-state index contributed by atoms with van der Waals surface area (Å²) in [4.78, 5) is 2.42. The molecule has 0 bridgehead atoms. The van der Waals surface area contributed by atoms with E-state index in [0.29, 0.717) is 0 Å². The van der Waals surface area contributed by atoms with Crippen LogP contribution in [0, 0.1) is 0 Å². The van der Waals surface area contributed by atoms with Crippen LogP contribution in [-0.2, 0) is 13.1 Å². The SMILES string of the molecule is CCNCc1ccc(CN(C)C(C)(C)CC)cc1. The van der Waals surface area contributed by atoms with Gasteiger partial charge in [0.2, 0.25) is 0 Å². The number of rotatable bonds is 7. The molecular weight excluding hydrogens is 220 g/mol. The largest absolute Gasteiger partial charge is 0.313 e. The molecule has 0 heterocycles. The van der Waals surface area contributed by atoms with Gasteiger partial charge in [-0.15, -0.1) is 0 Å². The van der Waals surface area contributed by atoms with Crippen LogP contribution in [0.4, 0.5) is 0 Å². The molecule has 1 rings (SSSR count). The molecule has 0 aliphatic heterocycles. The average molecular weight is 248 g/mol. The van der Waals surface area contributed by atoms with Crippen LogP contribution in [-0.4, -0.2) is 24.0 Å². The molecule has 1 N–H and O–H groups in total. The third-order valence-corrected chi connectivity index (χ3v) is 3.92. The van der Waals surface area contributed by atoms with Gasteiger partial charge in [-0.2, -0.15) is 0 Å². The van der Waals surface area contributed by atoms with E-state index in [0.717, 1.165) is 19.6 Å². The van der Waals surface area contributed by atoms with E-state index in [1.807, 2.05) is 0 Å². The summed E-state index contributed by atoms with van der Waals surface area (Å²) in [5.41, 5.74) is 3.01. The highest BCUT2D eigenvalue weighted by Gasteiger charge is 2.20. The smallest absolute Gasteiger partial charge is 0.0235 e. The van der Waals surface area contributed by atoms with Gasteiger partial charge in [-0.1, -0.05) is 38.1 Å². The van der Waals surface area contributed by atoms with Crippen LogP contribution in [0.2, 0.25) is 0 Å². The average Bonchev–Trinajstić information content (AvgIpc) is 2.37. The molecule has 102 valence electrons. The zero-order chi connectivity index (χ0) is 13.6. The fourth-order valence-corrected chi connectivity index (χ4v) is 1.79. The predicted octanol–water partition coefficient (Wildman–Crippen LogP) is 3.42. The Morgan fingerprint density at radius 2 is 1.61 bits per heavy atom. The van der Waals surface area contributed by atoms with E-state index in [1.54, 1.807) is 0 Å². The van der Waals surface area contributed by atoms with Crippen LogP contribution in [0.5, 0.6) is 0 Å². The van der Waals surface area contributed by atoms with Crippen LogP contribution in [0.25, 0.3) is 0 Å². The first-order valence-electron chi connectivity index (χ1n) is 6.99. The summed E-state index contributed by atoms with van der Waals surface area (Å²) in [5, 5.41) is 3.35. The second-order valence-corrected chi connectivity index (χ2v) is 5.62. The number of benzene rings is 1. The molecule has 0 aliphatic carbocycles. The minimum Gasteiger partial charge on any atom is -0.313 e. The second kappa shape index (κ2) is 6.91. The first-order chi connectivity index (χ1) is 8.49. The highest BCUT2D eigenvalue weighted by atomic mass is 15.2. The van der Waals surface area contributed by atoms with Crippen LogP contribution < -0.4 is 5.32 Å². The third-order valence-electron chi connectivity index (χ3n) is 3.92. The third kappa shape index (κ3) is 4.43. The van der Waals surface area contributed by atoms with Gasteiger partial charge in [-0.25, -0.2) is 0 Å². The van der Waals surface area contributed by atoms with Crippen molar-refractivity contribution in [3.05, 3.63) is 35.4 Å². The number of nitrogens with one attached hydrogen (secondary N) is 1. The zero-order valence-electron chi connectivity index (χ0n) is 12.6. The van der Waals surface area contributed by atoms with Crippen molar-refractivity contribution >= 4 is 0 Å². The minimum atomic E-state index is 0.266. The fourth-order valence-electron chi connectivity index (χ4n) is 1.79. The maximum absolute atomic E-state index is 3.35. The molecule has 1 aromatic rings. The molecule has 0 aromatic heterocycles. The summed E-state index contributed by atoms with van der Waals surface area (Å²) in [7, 11) is 2.20. The Morgan fingerprint density at radius 1 is 1.06 bits per heavy atom. The maximum atomic E-state index is 3.35. The van der Waals surface area contributed by atoms with Crippen molar-refractivity contribution in [1.82, 2.24) is 10.2 Å². The Balaban J connectivity index is 2.58. The summed E-state index contributed by atoms with van der Waals surface area (Å²) in [6.45, 7) is 12.0. The monoisotopic (exact) mass is 248 g/mol. The lowest BCUT2D eigenvalue weighted by molar-refractivity contribution is 0.143. The molecule has 0 saturated heterocycles. The van der Waals surface area contributed by atoms with E-state index in [1.165, 1.54) is 17.5 Å². The second-order valence-electron chi connectivity index (χ2n) is 5.62. The molecule has 18 heavy (non-hydrogen) atoms. The van der Waals surface area contributed by atoms with Gasteiger partial charge >= 0.3 is 0 Å². The molecule has 0 atom stereocenters. The van der Waals surface area contributed by atoms with E-state index in [4.69, 9.17) is 0 Å². The van der Waals surface area contributed by atoms with Crippen molar-refractivity contribution in [3.8, 4) is 0 Å². The van der Waals surface area contributed by atoms with Crippen molar-refractivity contribution in [2.75, 3.05) is 13.6 Å². The standard InChI is InChI=1S/C16H28N2/c1-6-16(3,4)18(5)13-15-10-8-14(9-11-15)12-17-7-2/h8-11,17H,6-7,12-13H2,1-5H3. The van der Waals surface area contributed by atoms with Gasteiger partial charge < -0.3 is 5.32 Å². The van der Waals surface area contributed by atoms with Gasteiger partial charge in [0.25, 0.3) is 0 Å². The molecular formula is C16H28N2. The quantitative estimate of drug-likeness (QED) is 0.795. The molecule has 1 aromatic carbocycles. The zero-order valence-corrected chi connectivity index (χ0v) is 12.6. The molecule has 0 aliphatic rings. The van der Waals surface area contributed by atoms with E-state index in [-0.39, 0.29) is 5.54 Å². The van der Waals surface area contributed by atoms with E-state index >= 15 is 0 Å². The Labute approximate surface area is 112 Å². The first kappa shape index (κ1) is 15.2. The Hall–Kier alpha value is -0.860. The van der Waals surface area contributed by atoms with Crippen molar-refractivity contribution in [3.63, 3.8) is 0 Å². The lowest BCUT2D eigenvalue weighted by Crippen LogP contribution is -2.39. The van der Waals surface area contributed by atoms with Crippen LogP contribution in [0.1, 0.15) is 45.2 Å². The molecule has 0 fully saturated rings. The number of hydrogen-bond acceptors (Lipinski definition) is 2. The van der Waals surface area contributed by atoms with Gasteiger partial charge in [-0.3, -0.25) is 4.90 Å². The van der Waals surface area contributed by atoms with Crippen LogP contribution in [0.15, 0.2) is 24.3 Å². The van der Waals surface area contributed by atoms with Gasteiger partial charge in [0.05, 0.1) is 0 Å². The molecule has 0 unspecified atom stereocenters. The molecule has 2 nitrogen and oxygen atoms in total. The summed E-state index contributed by atoms with van der Waals surface area (Å²) < 4.78 is 0. The lowest BCUT2D eigenvalue weighted by Gasteiger charge is -2.34. The Kier molecular flexibility index (Phi) is 5.83. The Bertz CT molecular complexity index is 341. The van der Waals surface area contributed by atoms with E-state index in [2.05, 4.69) is 69.2 Å². The molecule has 0 saturated carbocycles. The van der Waals surface area contributed by atoms with Gasteiger partial charge in [0, 0.05) is 18.6 Å². The lowest BCUT2D eigenvalue weighted by atomic mass is 9.99. The number of hydrogen-bond donors (Lipinski definition) is 1. The van der Waals surface area contributed by atoms with Gasteiger partial charge in [0.1, 0.15) is 0 Å². The van der Waals surface area contributed by atoms with Crippen LogP contribution >= 0.6 is 0 Å². The minimum absolute atomic E-state index is 0.266. The van der Waals surface area contributed by atoms with Crippen molar-refractivity contribution < 1.29 is 0 Å². The molecule has 2 heteroatoms. The first-order valence-corrected chi connectivity index (χ1v) is 6.99. The fraction of sp³-hybridized carbons (Fsp3) is 0.625. The summed E-state index contributed by atoms with van der Waals surface area (Å²) >= 11 is 0. The topological polar surface area (TPSA) is 15.3 Å². The molecule has 0 spiro atoms. The van der Waals surface area contributed by atoms with E-state index < -0.39 is 0 Å². The van der Waals surface area contributed by atoms with Crippen LogP contribution in [0.3, 0.4) is 0 Å². The van der Waals surface area contributed by atoms with Crippen molar-refractivity contribution in [2.45, 2.75) is 52.7 Å². The van der Waals surface area contributed by atoms with Crippen molar-refractivity contribution in [1.29, 1.82) is 0 Å². The Morgan fingerprint density at radius 3 is 2.11 bits per heavy atom. The summed E-state index contributed by atoms with van der Waals surface area (Å²) in [5.74, 6) is 0. The summed E-state index contributed by atoms with van der Waals surface area (Å²) in [6, 6.07) is 8.94. The normalized spacial score (nSPS) is 12.1. The number of nitrogens with zero attached hydrogens (tertiary/aromatic N) is 1.